The third kappa shape index (κ3) is 5.30. The minimum atomic E-state index is -0.769. The number of carbonyl (C=O) groups is 3. The zero-order valence-corrected chi connectivity index (χ0v) is 21.6. The zero-order valence-electron chi connectivity index (χ0n) is 21.6. The Morgan fingerprint density at radius 1 is 1.14 bits per heavy atom. The number of aliphatic hydroxyl groups is 1. The lowest BCUT2D eigenvalue weighted by Crippen LogP contribution is -2.48. The van der Waals surface area contributed by atoms with Crippen molar-refractivity contribution in [2.45, 2.75) is 58.7 Å². The van der Waals surface area contributed by atoms with Gasteiger partial charge in [0.25, 0.3) is 11.7 Å². The van der Waals surface area contributed by atoms with Crippen LogP contribution >= 0.6 is 0 Å². The molecule has 4 rings (SSSR count). The lowest BCUT2D eigenvalue weighted by atomic mass is 9.94. The van der Waals surface area contributed by atoms with Crippen LogP contribution in [-0.4, -0.2) is 69.5 Å². The number of hydrogen-bond acceptors (Lipinski definition) is 7. The largest absolute Gasteiger partial charge is 0.507 e. The number of Topliss-reactive ketones (excluding diaryl/α,β-unsaturated/α-hetero) is 1. The van der Waals surface area contributed by atoms with Crippen molar-refractivity contribution in [1.82, 2.24) is 14.8 Å². The van der Waals surface area contributed by atoms with Crippen LogP contribution in [0.25, 0.3) is 5.76 Å². The van der Waals surface area contributed by atoms with Gasteiger partial charge in [-0.3, -0.25) is 14.6 Å². The predicted molar refractivity (Wildman–Crippen MR) is 137 cm³/mol. The van der Waals surface area contributed by atoms with Gasteiger partial charge >= 0.3 is 6.09 Å². The molecule has 2 amide bonds. The Bertz CT molecular complexity index is 1200. The second-order valence-corrected chi connectivity index (χ2v) is 9.55. The first-order valence-electron chi connectivity index (χ1n) is 12.6. The van der Waals surface area contributed by atoms with Crippen LogP contribution in [0.1, 0.15) is 56.3 Å². The first-order chi connectivity index (χ1) is 17.7. The van der Waals surface area contributed by atoms with Gasteiger partial charge in [0.15, 0.2) is 0 Å². The Hall–Kier alpha value is -3.88. The molecule has 1 unspecified atom stereocenters. The summed E-state index contributed by atoms with van der Waals surface area (Å²) in [5.74, 6) is -0.932. The maximum Gasteiger partial charge on any atom is 0.409 e. The van der Waals surface area contributed by atoms with Gasteiger partial charge in [-0.1, -0.05) is 0 Å². The average Bonchev–Trinajstić information content (AvgIpc) is 3.15. The molecular weight excluding hydrogens is 474 g/mol. The Kier molecular flexibility index (Phi) is 7.80. The molecule has 2 saturated heterocycles. The average molecular weight is 508 g/mol. The lowest BCUT2D eigenvalue weighted by Gasteiger charge is -2.38. The summed E-state index contributed by atoms with van der Waals surface area (Å²) >= 11 is 0. The van der Waals surface area contributed by atoms with Crippen molar-refractivity contribution in [3.63, 3.8) is 0 Å². The Balaban J connectivity index is 1.71. The minimum Gasteiger partial charge on any atom is -0.507 e. The van der Waals surface area contributed by atoms with Gasteiger partial charge in [0.2, 0.25) is 0 Å². The van der Waals surface area contributed by atoms with Crippen LogP contribution < -0.4 is 4.74 Å². The summed E-state index contributed by atoms with van der Waals surface area (Å²) in [6, 6.07) is 7.64. The van der Waals surface area contributed by atoms with Gasteiger partial charge in [0.1, 0.15) is 11.5 Å². The first-order valence-corrected chi connectivity index (χ1v) is 12.6. The van der Waals surface area contributed by atoms with E-state index in [2.05, 4.69) is 4.98 Å². The van der Waals surface area contributed by atoms with E-state index in [1.807, 2.05) is 20.8 Å². The van der Waals surface area contributed by atoms with E-state index in [1.165, 1.54) is 0 Å². The maximum atomic E-state index is 13.4. The molecule has 9 nitrogen and oxygen atoms in total. The standard InChI is InChI=1S/C28H33N3O6/c1-5-36-28(35)30-14-10-21(11-15-30)31-24(19-8-12-29-13-9-19)23(26(33)27(31)34)25(32)20-6-7-22(18(4)16-20)37-17(2)3/h6-9,12-13,16-17,21,24,32H,5,10-11,14-15H2,1-4H3/b25-23+. The minimum absolute atomic E-state index is 0.00888. The van der Waals surface area contributed by atoms with E-state index in [0.29, 0.717) is 49.4 Å². The van der Waals surface area contributed by atoms with E-state index in [1.54, 1.807) is 59.4 Å². The highest BCUT2D eigenvalue weighted by molar-refractivity contribution is 6.46. The van der Waals surface area contributed by atoms with Crippen molar-refractivity contribution >= 4 is 23.5 Å². The summed E-state index contributed by atoms with van der Waals surface area (Å²) in [7, 11) is 0. The van der Waals surface area contributed by atoms with E-state index in [4.69, 9.17) is 9.47 Å². The number of carbonyl (C=O) groups excluding carboxylic acids is 3. The van der Waals surface area contributed by atoms with Crippen molar-refractivity contribution in [2.24, 2.45) is 0 Å². The topological polar surface area (TPSA) is 109 Å². The van der Waals surface area contributed by atoms with E-state index in [0.717, 1.165) is 5.56 Å². The number of likely N-dealkylation sites (tertiary alicyclic amines) is 2. The molecule has 2 aliphatic heterocycles. The quantitative estimate of drug-likeness (QED) is 0.354. The number of hydrogen-bond donors (Lipinski definition) is 1. The van der Waals surface area contributed by atoms with Crippen LogP contribution in [0.15, 0.2) is 48.3 Å². The third-order valence-electron chi connectivity index (χ3n) is 6.70. The number of ketones is 1. The normalized spacial score (nSPS) is 20.0. The number of nitrogens with zero attached hydrogens (tertiary/aromatic N) is 3. The highest BCUT2D eigenvalue weighted by atomic mass is 16.6. The molecule has 2 aromatic rings. The van der Waals surface area contributed by atoms with Gasteiger partial charge in [-0.2, -0.15) is 0 Å². The Morgan fingerprint density at radius 2 is 1.81 bits per heavy atom. The summed E-state index contributed by atoms with van der Waals surface area (Å²) < 4.78 is 10.9. The SMILES string of the molecule is CCOC(=O)N1CCC(N2C(=O)C(=O)/C(=C(/O)c3ccc(OC(C)C)c(C)c3)C2c2ccncc2)CC1. The number of piperidine rings is 1. The molecule has 196 valence electrons. The molecule has 1 aromatic carbocycles. The number of aromatic nitrogens is 1. The Morgan fingerprint density at radius 3 is 2.41 bits per heavy atom. The van der Waals surface area contributed by atoms with Gasteiger partial charge in [0.05, 0.1) is 24.3 Å². The van der Waals surface area contributed by atoms with Gasteiger partial charge < -0.3 is 24.4 Å². The van der Waals surface area contributed by atoms with Crippen LogP contribution in [0.2, 0.25) is 0 Å². The Labute approximate surface area is 216 Å². The van der Waals surface area contributed by atoms with Crippen LogP contribution in [0.4, 0.5) is 4.79 Å². The van der Waals surface area contributed by atoms with E-state index in [9.17, 15) is 19.5 Å². The number of ether oxygens (including phenoxy) is 2. The third-order valence-corrected chi connectivity index (χ3v) is 6.70. The maximum absolute atomic E-state index is 13.4. The van der Waals surface area contributed by atoms with Gasteiger partial charge in [-0.15, -0.1) is 0 Å². The predicted octanol–water partition coefficient (Wildman–Crippen LogP) is 4.22. The highest BCUT2D eigenvalue weighted by Crippen LogP contribution is 2.42. The summed E-state index contributed by atoms with van der Waals surface area (Å²) in [4.78, 5) is 46.2. The monoisotopic (exact) mass is 507 g/mol. The van der Waals surface area contributed by atoms with Crippen LogP contribution in [0, 0.1) is 6.92 Å². The molecule has 0 spiro atoms. The molecular formula is C28H33N3O6. The molecule has 37 heavy (non-hydrogen) atoms. The van der Waals surface area contributed by atoms with Crippen LogP contribution in [-0.2, 0) is 14.3 Å². The summed E-state index contributed by atoms with van der Waals surface area (Å²) in [5.41, 5.74) is 1.96. The lowest BCUT2D eigenvalue weighted by molar-refractivity contribution is -0.142. The second-order valence-electron chi connectivity index (χ2n) is 9.55. The van der Waals surface area contributed by atoms with E-state index < -0.39 is 17.7 Å². The molecule has 0 bridgehead atoms. The number of aryl methyl sites for hydroxylation is 1. The molecule has 2 aliphatic rings. The molecule has 0 aliphatic carbocycles. The molecule has 3 heterocycles. The number of amides is 2. The fraction of sp³-hybridized carbons (Fsp3) is 0.429. The van der Waals surface area contributed by atoms with Crippen LogP contribution in [0.5, 0.6) is 5.75 Å². The van der Waals surface area contributed by atoms with Gasteiger partial charge in [-0.25, -0.2) is 4.79 Å². The fourth-order valence-electron chi connectivity index (χ4n) is 4.98. The second kappa shape index (κ2) is 11.0. The van der Waals surface area contributed by atoms with Crippen molar-refractivity contribution in [3.8, 4) is 5.75 Å². The number of rotatable bonds is 6. The van der Waals surface area contributed by atoms with Crippen molar-refractivity contribution in [3.05, 3.63) is 65.0 Å². The number of aliphatic hydroxyl groups excluding tert-OH is 1. The molecule has 0 radical (unpaired) electrons. The van der Waals surface area contributed by atoms with Crippen molar-refractivity contribution in [2.75, 3.05) is 19.7 Å². The summed E-state index contributed by atoms with van der Waals surface area (Å²) in [6.07, 6.45) is 3.79. The molecule has 2 fully saturated rings. The molecule has 1 atom stereocenters. The smallest absolute Gasteiger partial charge is 0.409 e. The van der Waals surface area contributed by atoms with Gasteiger partial charge in [-0.05, 0) is 82.0 Å². The highest BCUT2D eigenvalue weighted by Gasteiger charge is 2.49. The molecule has 1 aromatic heterocycles. The zero-order chi connectivity index (χ0) is 26.7. The van der Waals surface area contributed by atoms with E-state index in [-0.39, 0.29) is 29.6 Å². The number of pyridine rings is 1. The molecule has 1 N–H and O–H groups in total. The first kappa shape index (κ1) is 26.2. The van der Waals surface area contributed by atoms with Crippen LogP contribution in [0.3, 0.4) is 0 Å². The number of benzene rings is 1. The summed E-state index contributed by atoms with van der Waals surface area (Å²) in [5, 5.41) is 11.4. The van der Waals surface area contributed by atoms with Gasteiger partial charge in [0, 0.05) is 37.1 Å². The fourth-order valence-corrected chi connectivity index (χ4v) is 4.98. The van der Waals surface area contributed by atoms with Crippen molar-refractivity contribution in [1.29, 1.82) is 0 Å². The van der Waals surface area contributed by atoms with E-state index >= 15 is 0 Å². The molecule has 9 heteroatoms. The summed E-state index contributed by atoms with van der Waals surface area (Å²) in [6.45, 7) is 8.59. The molecule has 0 saturated carbocycles. The van der Waals surface area contributed by atoms with Crippen molar-refractivity contribution < 1.29 is 29.0 Å².